The fraction of sp³-hybridized carbons (Fsp3) is 0.375. The minimum atomic E-state index is -0.840. The third-order valence-corrected chi connectivity index (χ3v) is 4.88. The Morgan fingerprint density at radius 3 is 2.28 bits per heavy atom. The van der Waals surface area contributed by atoms with Crippen molar-refractivity contribution in [2.24, 2.45) is 0 Å². The number of carboxylic acids is 1. The number of rotatable bonds is 7. The highest BCUT2D eigenvalue weighted by molar-refractivity contribution is 5.77. The van der Waals surface area contributed by atoms with Crippen LogP contribution in [0.4, 0.5) is 0 Å². The van der Waals surface area contributed by atoms with Crippen LogP contribution in [0.15, 0.2) is 42.7 Å². The molecule has 0 saturated heterocycles. The van der Waals surface area contributed by atoms with Crippen molar-refractivity contribution in [1.29, 1.82) is 0 Å². The molecule has 0 aliphatic heterocycles. The molecule has 0 aliphatic rings. The summed E-state index contributed by atoms with van der Waals surface area (Å²) in [4.78, 5) is 20.8. The zero-order valence-corrected chi connectivity index (χ0v) is 17.7. The van der Waals surface area contributed by atoms with E-state index in [9.17, 15) is 9.59 Å². The molecule has 0 radical (unpaired) electrons. The van der Waals surface area contributed by atoms with Crippen LogP contribution in [-0.2, 0) is 28.9 Å². The first-order valence-corrected chi connectivity index (χ1v) is 10.2. The fourth-order valence-electron chi connectivity index (χ4n) is 3.16. The highest BCUT2D eigenvalue weighted by Gasteiger charge is 2.10. The molecule has 0 fully saturated rings. The molecule has 154 valence electrons. The minimum Gasteiger partial charge on any atom is -0.481 e. The summed E-state index contributed by atoms with van der Waals surface area (Å²) in [5, 5.41) is 13.3. The Kier molecular flexibility index (Phi) is 8.13. The summed E-state index contributed by atoms with van der Waals surface area (Å²) in [6.45, 7) is 7.82. The smallest absolute Gasteiger partial charge is 0.307 e. The number of aliphatic carboxylic acids is 1. The summed E-state index contributed by atoms with van der Waals surface area (Å²) < 4.78 is 1.73. The lowest BCUT2D eigenvalue weighted by molar-refractivity contribution is -0.136. The van der Waals surface area contributed by atoms with E-state index in [2.05, 4.69) is 37.1 Å². The molecule has 1 aromatic carbocycles. The van der Waals surface area contributed by atoms with Gasteiger partial charge in [0.05, 0.1) is 18.1 Å². The number of carbonyl (C=O) groups is 2. The summed E-state index contributed by atoms with van der Waals surface area (Å²) in [7, 11) is 0. The number of benzene rings is 1. The van der Waals surface area contributed by atoms with Gasteiger partial charge in [-0.1, -0.05) is 45.4 Å². The van der Waals surface area contributed by atoms with E-state index in [-0.39, 0.29) is 12.2 Å². The van der Waals surface area contributed by atoms with Gasteiger partial charge in [0.1, 0.15) is 5.78 Å². The molecule has 0 bridgehead atoms. The number of carboxylic acid groups (broad SMARTS) is 1. The van der Waals surface area contributed by atoms with Crippen molar-refractivity contribution < 1.29 is 14.7 Å². The summed E-state index contributed by atoms with van der Waals surface area (Å²) in [6.07, 6.45) is 7.45. The van der Waals surface area contributed by atoms with Gasteiger partial charge >= 0.3 is 5.97 Å². The van der Waals surface area contributed by atoms with E-state index in [1.165, 1.54) is 11.1 Å². The summed E-state index contributed by atoms with van der Waals surface area (Å²) in [6, 6.07) is 10.7. The van der Waals surface area contributed by atoms with Gasteiger partial charge in [-0.05, 0) is 54.2 Å². The van der Waals surface area contributed by atoms with Crippen molar-refractivity contribution in [2.45, 2.75) is 59.8 Å². The molecule has 1 N–H and O–H groups in total. The monoisotopic (exact) mass is 394 g/mol. The number of aromatic nitrogens is 2. The maximum Gasteiger partial charge on any atom is 0.307 e. The summed E-state index contributed by atoms with van der Waals surface area (Å²) in [5.41, 5.74) is 6.64. The van der Waals surface area contributed by atoms with E-state index in [1.807, 2.05) is 25.3 Å². The van der Waals surface area contributed by atoms with E-state index >= 15 is 0 Å². The van der Waals surface area contributed by atoms with E-state index in [4.69, 9.17) is 5.11 Å². The van der Waals surface area contributed by atoms with Gasteiger partial charge in [-0.3, -0.25) is 4.79 Å². The van der Waals surface area contributed by atoms with Crippen LogP contribution in [0, 0.1) is 0 Å². The van der Waals surface area contributed by atoms with E-state index in [1.54, 1.807) is 17.6 Å². The van der Waals surface area contributed by atoms with Gasteiger partial charge in [0.2, 0.25) is 0 Å². The lowest BCUT2D eigenvalue weighted by Crippen LogP contribution is -1.99. The second-order valence-corrected chi connectivity index (χ2v) is 7.13. The van der Waals surface area contributed by atoms with E-state index in [0.29, 0.717) is 6.42 Å². The van der Waals surface area contributed by atoms with Crippen molar-refractivity contribution in [3.63, 3.8) is 0 Å². The Labute approximate surface area is 172 Å². The molecule has 0 spiro atoms. The van der Waals surface area contributed by atoms with Crippen molar-refractivity contribution in [3.05, 3.63) is 59.4 Å². The first kappa shape index (κ1) is 22.3. The quantitative estimate of drug-likeness (QED) is 0.603. The molecule has 0 amide bonds. The van der Waals surface area contributed by atoms with E-state index in [0.717, 1.165) is 41.5 Å². The third kappa shape index (κ3) is 6.01. The van der Waals surface area contributed by atoms with Crippen LogP contribution in [0.5, 0.6) is 0 Å². The number of hydrogen-bond donors (Lipinski definition) is 1. The predicted octanol–water partition coefficient (Wildman–Crippen LogP) is 5.13. The molecule has 3 aromatic rings. The molecule has 5 heteroatoms. The largest absolute Gasteiger partial charge is 0.481 e. The van der Waals surface area contributed by atoms with Gasteiger partial charge in [0, 0.05) is 18.2 Å². The van der Waals surface area contributed by atoms with Crippen LogP contribution in [0.2, 0.25) is 0 Å². The predicted molar refractivity (Wildman–Crippen MR) is 116 cm³/mol. The number of Topliss-reactive ketones (excluding diaryl/α,β-unsaturated/α-hetero) is 1. The zero-order chi connectivity index (χ0) is 21.4. The van der Waals surface area contributed by atoms with Crippen LogP contribution >= 0.6 is 0 Å². The first-order chi connectivity index (χ1) is 13.9. The van der Waals surface area contributed by atoms with Gasteiger partial charge in [-0.25, -0.2) is 4.52 Å². The Morgan fingerprint density at radius 2 is 1.69 bits per heavy atom. The van der Waals surface area contributed by atoms with Crippen LogP contribution in [0.3, 0.4) is 0 Å². The molecule has 29 heavy (non-hydrogen) atoms. The van der Waals surface area contributed by atoms with Crippen molar-refractivity contribution in [1.82, 2.24) is 9.61 Å². The Bertz CT molecular complexity index is 989. The van der Waals surface area contributed by atoms with Gasteiger partial charge in [-0.15, -0.1) is 0 Å². The molecule has 0 saturated carbocycles. The molecular formula is C24H30N2O3. The van der Waals surface area contributed by atoms with Gasteiger partial charge < -0.3 is 9.90 Å². The fourth-order valence-corrected chi connectivity index (χ4v) is 3.16. The standard InChI is InChI=1S/C20H22N2O2.C4H8O/c1-3-5-15-6-7-16(10-14(15)4-2)17-8-9-22-19(11-17)18(13-21-22)12-20(23)24;1-3-4(2)5/h6-11,13H,3-5,12H2,1-2H3,(H,23,24);3H2,1-2H3. The molecule has 3 rings (SSSR count). The Balaban J connectivity index is 0.000000537. The topological polar surface area (TPSA) is 71.7 Å². The molecule has 5 nitrogen and oxygen atoms in total. The number of hydrogen-bond acceptors (Lipinski definition) is 3. The first-order valence-electron chi connectivity index (χ1n) is 10.2. The van der Waals surface area contributed by atoms with Crippen LogP contribution in [0.1, 0.15) is 57.2 Å². The molecule has 2 heterocycles. The Hall–Kier alpha value is -2.95. The van der Waals surface area contributed by atoms with Crippen molar-refractivity contribution >= 4 is 17.3 Å². The van der Waals surface area contributed by atoms with Gasteiger partial charge in [-0.2, -0.15) is 5.10 Å². The maximum atomic E-state index is 11.0. The number of carbonyl (C=O) groups excluding carboxylic acids is 1. The molecular weight excluding hydrogens is 364 g/mol. The number of pyridine rings is 1. The maximum absolute atomic E-state index is 11.0. The third-order valence-electron chi connectivity index (χ3n) is 4.88. The second-order valence-electron chi connectivity index (χ2n) is 7.13. The lowest BCUT2D eigenvalue weighted by Gasteiger charge is -2.10. The number of nitrogens with zero attached hydrogens (tertiary/aromatic N) is 2. The molecule has 2 aromatic heterocycles. The highest BCUT2D eigenvalue weighted by atomic mass is 16.4. The zero-order valence-electron chi connectivity index (χ0n) is 17.7. The van der Waals surface area contributed by atoms with Gasteiger partial charge in [0.25, 0.3) is 0 Å². The van der Waals surface area contributed by atoms with Gasteiger partial charge in [0.15, 0.2) is 0 Å². The molecule has 0 unspecified atom stereocenters. The summed E-state index contributed by atoms with van der Waals surface area (Å²) >= 11 is 0. The normalized spacial score (nSPS) is 10.5. The highest BCUT2D eigenvalue weighted by Crippen LogP contribution is 2.26. The van der Waals surface area contributed by atoms with Crippen molar-refractivity contribution in [3.8, 4) is 11.1 Å². The van der Waals surface area contributed by atoms with E-state index < -0.39 is 5.97 Å². The lowest BCUT2D eigenvalue weighted by atomic mass is 9.95. The number of ketones is 1. The average molecular weight is 395 g/mol. The minimum absolute atomic E-state index is 0.0113. The van der Waals surface area contributed by atoms with Crippen LogP contribution < -0.4 is 0 Å². The molecule has 0 atom stereocenters. The average Bonchev–Trinajstić information content (AvgIpc) is 3.10. The number of fused-ring (bicyclic) bond motifs is 1. The number of aryl methyl sites for hydroxylation is 2. The van der Waals surface area contributed by atoms with Crippen molar-refractivity contribution in [2.75, 3.05) is 0 Å². The van der Waals surface area contributed by atoms with Crippen LogP contribution in [0.25, 0.3) is 16.6 Å². The summed E-state index contributed by atoms with van der Waals surface area (Å²) in [5.74, 6) is -0.586. The second kappa shape index (κ2) is 10.6. The molecule has 0 aliphatic carbocycles. The van der Waals surface area contributed by atoms with Crippen LogP contribution in [-0.4, -0.2) is 26.5 Å². The Morgan fingerprint density at radius 1 is 1.00 bits per heavy atom. The SMILES string of the molecule is CCC(C)=O.CCCc1ccc(-c2ccn3ncc(CC(=O)O)c3c2)cc1CC.